The van der Waals surface area contributed by atoms with Crippen LogP contribution < -0.4 is 4.90 Å². The minimum Gasteiger partial charge on any atom is -0.308 e. The van der Waals surface area contributed by atoms with Gasteiger partial charge in [0, 0.05) is 21.2 Å². The highest BCUT2D eigenvalue weighted by atomic mass is 79.9. The molecule has 0 aliphatic carbocycles. The van der Waals surface area contributed by atoms with Crippen molar-refractivity contribution in [3.8, 4) is 0 Å². The lowest BCUT2D eigenvalue weighted by Gasteiger charge is -2.18. The molecule has 0 N–H and O–H groups in total. The zero-order chi connectivity index (χ0) is 13.4. The Bertz CT molecular complexity index is 654. The van der Waals surface area contributed by atoms with Crippen LogP contribution in [-0.2, 0) is 6.42 Å². The molecule has 0 radical (unpaired) electrons. The minimum atomic E-state index is 0.0399. The summed E-state index contributed by atoms with van der Waals surface area (Å²) < 4.78 is 1.73. The molecule has 0 unspecified atom stereocenters. The maximum Gasteiger partial charge on any atom is 0.259 e. The van der Waals surface area contributed by atoms with Gasteiger partial charge >= 0.3 is 0 Å². The lowest BCUT2D eigenvalue weighted by atomic mass is 10.1. The third-order valence-corrected chi connectivity index (χ3v) is 4.48. The van der Waals surface area contributed by atoms with E-state index < -0.39 is 0 Å². The smallest absolute Gasteiger partial charge is 0.259 e. The van der Waals surface area contributed by atoms with Gasteiger partial charge in [-0.1, -0.05) is 34.1 Å². The van der Waals surface area contributed by atoms with Gasteiger partial charge in [-0.25, -0.2) is 0 Å². The first-order chi connectivity index (χ1) is 9.16. The van der Waals surface area contributed by atoms with Gasteiger partial charge in [0.2, 0.25) is 0 Å². The number of hydrogen-bond acceptors (Lipinski definition) is 1. The topological polar surface area (TPSA) is 20.3 Å². The Hall–Kier alpha value is -1.13. The molecule has 4 heteroatoms. The van der Waals surface area contributed by atoms with E-state index in [1.165, 1.54) is 5.56 Å². The number of fused-ring (bicyclic) bond motifs is 1. The summed E-state index contributed by atoms with van der Waals surface area (Å²) in [7, 11) is 0. The molecule has 2 aromatic carbocycles. The molecule has 0 saturated heterocycles. The summed E-state index contributed by atoms with van der Waals surface area (Å²) in [6, 6.07) is 13.7. The van der Waals surface area contributed by atoms with Gasteiger partial charge in [-0.15, -0.1) is 0 Å². The predicted octanol–water partition coefficient (Wildman–Crippen LogP) is 4.41. The Morgan fingerprint density at radius 3 is 2.74 bits per heavy atom. The van der Waals surface area contributed by atoms with E-state index in [4.69, 9.17) is 0 Å². The molecule has 2 aromatic rings. The van der Waals surface area contributed by atoms with E-state index in [-0.39, 0.29) is 5.91 Å². The highest BCUT2D eigenvalue weighted by Crippen LogP contribution is 2.31. The third-order valence-electron chi connectivity index (χ3n) is 3.29. The number of hydrogen-bond donors (Lipinski definition) is 0. The number of benzene rings is 2. The quantitative estimate of drug-likeness (QED) is 0.717. The average Bonchev–Trinajstić information content (AvgIpc) is 2.84. The molecule has 1 amide bonds. The second-order valence-corrected chi connectivity index (χ2v) is 6.23. The standard InChI is InChI=1S/C15H11Br2NO/c16-11-5-6-13(17)12(9-11)15(19)18-8-7-10-3-1-2-4-14(10)18/h1-6,9H,7-8H2. The monoisotopic (exact) mass is 379 g/mol. The fraction of sp³-hybridized carbons (Fsp3) is 0.133. The highest BCUT2D eigenvalue weighted by molar-refractivity contribution is 9.11. The Morgan fingerprint density at radius 2 is 1.89 bits per heavy atom. The van der Waals surface area contributed by atoms with Gasteiger partial charge in [0.1, 0.15) is 0 Å². The maximum atomic E-state index is 12.7. The van der Waals surface area contributed by atoms with E-state index >= 15 is 0 Å². The lowest BCUT2D eigenvalue weighted by molar-refractivity contribution is 0.0988. The number of halogens is 2. The zero-order valence-corrected chi connectivity index (χ0v) is 13.2. The number of rotatable bonds is 1. The van der Waals surface area contributed by atoms with Crippen molar-refractivity contribution < 1.29 is 4.79 Å². The molecule has 0 fully saturated rings. The normalized spacial score (nSPS) is 13.5. The van der Waals surface area contributed by atoms with E-state index in [1.54, 1.807) is 0 Å². The number of carbonyl (C=O) groups is 1. The number of anilines is 1. The molecule has 2 nitrogen and oxygen atoms in total. The van der Waals surface area contributed by atoms with Crippen molar-refractivity contribution in [3.05, 3.63) is 62.5 Å². The van der Waals surface area contributed by atoms with Crippen LogP contribution in [-0.4, -0.2) is 12.5 Å². The molecule has 0 saturated carbocycles. The molecule has 19 heavy (non-hydrogen) atoms. The van der Waals surface area contributed by atoms with E-state index in [1.807, 2.05) is 41.3 Å². The number of para-hydroxylation sites is 1. The first kappa shape index (κ1) is 12.9. The van der Waals surface area contributed by atoms with Gasteiger partial charge in [-0.2, -0.15) is 0 Å². The van der Waals surface area contributed by atoms with Crippen LogP contribution >= 0.6 is 31.9 Å². The molecule has 0 spiro atoms. The number of nitrogens with zero attached hydrogens (tertiary/aromatic N) is 1. The molecule has 1 aliphatic heterocycles. The van der Waals surface area contributed by atoms with E-state index in [9.17, 15) is 4.79 Å². The molecule has 3 rings (SSSR count). The summed E-state index contributed by atoms with van der Waals surface area (Å²) in [4.78, 5) is 14.5. The SMILES string of the molecule is O=C(c1cc(Br)ccc1Br)N1CCc2ccccc21. The third kappa shape index (κ3) is 2.35. The predicted molar refractivity (Wildman–Crippen MR) is 83.7 cm³/mol. The Balaban J connectivity index is 2.00. The first-order valence-corrected chi connectivity index (χ1v) is 7.60. The summed E-state index contributed by atoms with van der Waals surface area (Å²) >= 11 is 6.86. The summed E-state index contributed by atoms with van der Waals surface area (Å²) in [6.45, 7) is 0.747. The van der Waals surface area contributed by atoms with Gasteiger partial charge in [-0.3, -0.25) is 4.79 Å². The molecule has 0 atom stereocenters. The van der Waals surface area contributed by atoms with Crippen LogP contribution in [0.25, 0.3) is 0 Å². The van der Waals surface area contributed by atoms with Crippen LogP contribution in [0.15, 0.2) is 51.4 Å². The van der Waals surface area contributed by atoms with Crippen molar-refractivity contribution in [2.24, 2.45) is 0 Å². The van der Waals surface area contributed by atoms with Crippen molar-refractivity contribution in [2.45, 2.75) is 6.42 Å². The van der Waals surface area contributed by atoms with Gasteiger partial charge in [0.05, 0.1) is 5.56 Å². The summed E-state index contributed by atoms with van der Waals surface area (Å²) in [5.41, 5.74) is 2.95. The van der Waals surface area contributed by atoms with Crippen LogP contribution in [0.1, 0.15) is 15.9 Å². The fourth-order valence-corrected chi connectivity index (χ4v) is 3.13. The van der Waals surface area contributed by atoms with Crippen molar-refractivity contribution in [1.82, 2.24) is 0 Å². The van der Waals surface area contributed by atoms with Crippen LogP contribution in [0.4, 0.5) is 5.69 Å². The Morgan fingerprint density at radius 1 is 1.11 bits per heavy atom. The summed E-state index contributed by atoms with van der Waals surface area (Å²) in [5.74, 6) is 0.0399. The van der Waals surface area contributed by atoms with Crippen molar-refractivity contribution in [3.63, 3.8) is 0 Å². The van der Waals surface area contributed by atoms with Gasteiger partial charge in [-0.05, 0) is 52.2 Å². The zero-order valence-electron chi connectivity index (χ0n) is 10.1. The molecule has 96 valence electrons. The molecule has 1 aliphatic rings. The van der Waals surface area contributed by atoms with E-state index in [0.717, 1.165) is 27.6 Å². The van der Waals surface area contributed by atoms with Crippen molar-refractivity contribution in [1.29, 1.82) is 0 Å². The van der Waals surface area contributed by atoms with Gasteiger partial charge < -0.3 is 4.90 Å². The second-order valence-electron chi connectivity index (χ2n) is 4.46. The molecular formula is C15H11Br2NO. The van der Waals surface area contributed by atoms with Gasteiger partial charge in [0.25, 0.3) is 5.91 Å². The molecular weight excluding hydrogens is 370 g/mol. The van der Waals surface area contributed by atoms with Crippen molar-refractivity contribution >= 4 is 43.5 Å². The maximum absolute atomic E-state index is 12.7. The molecule has 0 bridgehead atoms. The van der Waals surface area contributed by atoms with Crippen LogP contribution in [0.3, 0.4) is 0 Å². The number of amides is 1. The Kier molecular flexibility index (Phi) is 3.46. The van der Waals surface area contributed by atoms with E-state index in [2.05, 4.69) is 37.9 Å². The van der Waals surface area contributed by atoms with Crippen molar-refractivity contribution in [2.75, 3.05) is 11.4 Å². The molecule has 0 aromatic heterocycles. The van der Waals surface area contributed by atoms with E-state index in [0.29, 0.717) is 5.56 Å². The summed E-state index contributed by atoms with van der Waals surface area (Å²) in [6.07, 6.45) is 0.924. The highest BCUT2D eigenvalue weighted by Gasteiger charge is 2.26. The lowest BCUT2D eigenvalue weighted by Crippen LogP contribution is -2.29. The minimum absolute atomic E-state index is 0.0399. The number of carbonyl (C=O) groups excluding carboxylic acids is 1. The summed E-state index contributed by atoms with van der Waals surface area (Å²) in [5, 5.41) is 0. The Labute approximate surface area is 128 Å². The fourth-order valence-electron chi connectivity index (χ4n) is 2.36. The van der Waals surface area contributed by atoms with Gasteiger partial charge in [0.15, 0.2) is 0 Å². The average molecular weight is 381 g/mol. The van der Waals surface area contributed by atoms with Crippen LogP contribution in [0, 0.1) is 0 Å². The first-order valence-electron chi connectivity index (χ1n) is 6.01. The van der Waals surface area contributed by atoms with Crippen LogP contribution in [0.5, 0.6) is 0 Å². The molecule has 1 heterocycles. The van der Waals surface area contributed by atoms with Crippen LogP contribution in [0.2, 0.25) is 0 Å². The largest absolute Gasteiger partial charge is 0.308 e. The second kappa shape index (κ2) is 5.10.